The monoisotopic (exact) mass is 409 g/mol. The van der Waals surface area contributed by atoms with Gasteiger partial charge in [-0.3, -0.25) is 9.78 Å². The molecule has 0 radical (unpaired) electrons. The molecule has 1 amide bonds. The van der Waals surface area contributed by atoms with E-state index in [0.29, 0.717) is 5.92 Å². The summed E-state index contributed by atoms with van der Waals surface area (Å²) in [6, 6.07) is 4.01. The summed E-state index contributed by atoms with van der Waals surface area (Å²) < 4.78 is 2.30. The number of nitrogens with zero attached hydrogens (tertiary/aromatic N) is 5. The molecule has 152 valence electrons. The number of rotatable bonds is 5. The van der Waals surface area contributed by atoms with E-state index in [-0.39, 0.29) is 5.91 Å². The van der Waals surface area contributed by atoms with Gasteiger partial charge in [0, 0.05) is 49.5 Å². The summed E-state index contributed by atoms with van der Waals surface area (Å²) in [4.78, 5) is 28.7. The number of likely N-dealkylation sites (tertiary alicyclic amines) is 1. The average Bonchev–Trinajstić information content (AvgIpc) is 3.28. The molecule has 0 aliphatic carbocycles. The molecule has 7 heteroatoms. The number of aromatic nitrogens is 4. The molecule has 0 atom stereocenters. The van der Waals surface area contributed by atoms with Gasteiger partial charge in [0.25, 0.3) is 5.91 Å². The van der Waals surface area contributed by atoms with E-state index in [0.717, 1.165) is 65.9 Å². The fourth-order valence-electron chi connectivity index (χ4n) is 4.08. The standard InChI is InChI=1S/C22H27N5OS/c1-15-14-24-21(19-4-9-23-10-5-19)27(15)13-8-18-6-11-26(12-7-18)22(28)20-16(2)25-17(3)29-20/h4-5,9-10,14,18H,6-8,11-13H2,1-3H3. The zero-order valence-corrected chi connectivity index (χ0v) is 18.1. The van der Waals surface area contributed by atoms with E-state index < -0.39 is 0 Å². The number of pyridine rings is 1. The first-order chi connectivity index (χ1) is 14.0. The second-order valence-corrected chi connectivity index (χ2v) is 8.99. The van der Waals surface area contributed by atoms with E-state index in [1.165, 1.54) is 17.0 Å². The van der Waals surface area contributed by atoms with E-state index in [2.05, 4.69) is 26.4 Å². The summed E-state index contributed by atoms with van der Waals surface area (Å²) >= 11 is 1.51. The Morgan fingerprint density at radius 2 is 1.90 bits per heavy atom. The van der Waals surface area contributed by atoms with Gasteiger partial charge in [-0.2, -0.15) is 0 Å². The van der Waals surface area contributed by atoms with Crippen LogP contribution in [0.3, 0.4) is 0 Å². The Bertz CT molecular complexity index is 986. The van der Waals surface area contributed by atoms with E-state index in [4.69, 9.17) is 0 Å². The Morgan fingerprint density at radius 1 is 1.17 bits per heavy atom. The normalized spacial score (nSPS) is 15.1. The summed E-state index contributed by atoms with van der Waals surface area (Å²) in [5.41, 5.74) is 3.14. The summed E-state index contributed by atoms with van der Waals surface area (Å²) in [7, 11) is 0. The summed E-state index contributed by atoms with van der Waals surface area (Å²) in [5.74, 6) is 1.79. The lowest BCUT2D eigenvalue weighted by molar-refractivity contribution is 0.0689. The smallest absolute Gasteiger partial charge is 0.265 e. The van der Waals surface area contributed by atoms with Gasteiger partial charge >= 0.3 is 0 Å². The zero-order valence-electron chi connectivity index (χ0n) is 17.3. The first-order valence-corrected chi connectivity index (χ1v) is 11.0. The molecule has 0 N–H and O–H groups in total. The molecule has 4 heterocycles. The Morgan fingerprint density at radius 3 is 2.55 bits per heavy atom. The third-order valence-corrected chi connectivity index (χ3v) is 6.81. The van der Waals surface area contributed by atoms with Crippen LogP contribution in [0.15, 0.2) is 30.7 Å². The highest BCUT2D eigenvalue weighted by Crippen LogP contribution is 2.27. The highest BCUT2D eigenvalue weighted by Gasteiger charge is 2.26. The van der Waals surface area contributed by atoms with Crippen molar-refractivity contribution in [3.8, 4) is 11.4 Å². The van der Waals surface area contributed by atoms with Crippen molar-refractivity contribution in [1.29, 1.82) is 0 Å². The van der Waals surface area contributed by atoms with Crippen LogP contribution in [0.5, 0.6) is 0 Å². The number of hydrogen-bond donors (Lipinski definition) is 0. The molecule has 6 nitrogen and oxygen atoms in total. The van der Waals surface area contributed by atoms with E-state index >= 15 is 0 Å². The van der Waals surface area contributed by atoms with Gasteiger partial charge in [0.15, 0.2) is 0 Å². The lowest BCUT2D eigenvalue weighted by Gasteiger charge is -2.32. The first kappa shape index (κ1) is 19.8. The van der Waals surface area contributed by atoms with Crippen LogP contribution >= 0.6 is 11.3 Å². The van der Waals surface area contributed by atoms with Crippen molar-refractivity contribution in [2.45, 2.75) is 46.6 Å². The van der Waals surface area contributed by atoms with Crippen molar-refractivity contribution in [1.82, 2.24) is 24.4 Å². The summed E-state index contributed by atoms with van der Waals surface area (Å²) in [5, 5.41) is 0.960. The van der Waals surface area contributed by atoms with Crippen LogP contribution in [-0.2, 0) is 6.54 Å². The van der Waals surface area contributed by atoms with E-state index in [9.17, 15) is 4.79 Å². The van der Waals surface area contributed by atoms with Crippen LogP contribution in [0.25, 0.3) is 11.4 Å². The molecule has 1 aliphatic heterocycles. The fraction of sp³-hybridized carbons (Fsp3) is 0.455. The van der Waals surface area contributed by atoms with Gasteiger partial charge in [-0.25, -0.2) is 9.97 Å². The van der Waals surface area contributed by atoms with Crippen LogP contribution in [0.1, 0.15) is 45.3 Å². The molecule has 3 aromatic rings. The van der Waals surface area contributed by atoms with Crippen LogP contribution in [0.2, 0.25) is 0 Å². The number of piperidine rings is 1. The fourth-order valence-corrected chi connectivity index (χ4v) is 4.97. The number of carbonyl (C=O) groups excluding carboxylic acids is 1. The Labute approximate surface area is 175 Å². The number of imidazole rings is 1. The van der Waals surface area contributed by atoms with Gasteiger partial charge in [0.05, 0.1) is 10.7 Å². The highest BCUT2D eigenvalue weighted by molar-refractivity contribution is 7.13. The van der Waals surface area contributed by atoms with Gasteiger partial charge < -0.3 is 9.47 Å². The largest absolute Gasteiger partial charge is 0.338 e. The number of aryl methyl sites for hydroxylation is 3. The van der Waals surface area contributed by atoms with Gasteiger partial charge in [0.1, 0.15) is 10.7 Å². The summed E-state index contributed by atoms with van der Waals surface area (Å²) in [6.45, 7) is 8.62. The highest BCUT2D eigenvalue weighted by atomic mass is 32.1. The first-order valence-electron chi connectivity index (χ1n) is 10.2. The van der Waals surface area contributed by atoms with Crippen LogP contribution in [0.4, 0.5) is 0 Å². The molecule has 1 saturated heterocycles. The van der Waals surface area contributed by atoms with Gasteiger partial charge in [-0.15, -0.1) is 11.3 Å². The number of carbonyl (C=O) groups is 1. The minimum Gasteiger partial charge on any atom is -0.338 e. The number of amides is 1. The molecule has 4 rings (SSSR count). The van der Waals surface area contributed by atoms with E-state index in [1.807, 2.05) is 49.5 Å². The Kier molecular flexibility index (Phi) is 5.76. The van der Waals surface area contributed by atoms with Gasteiger partial charge in [-0.05, 0) is 58.1 Å². The minimum absolute atomic E-state index is 0.150. The lowest BCUT2D eigenvalue weighted by Crippen LogP contribution is -2.38. The maximum atomic E-state index is 12.8. The topological polar surface area (TPSA) is 63.9 Å². The lowest BCUT2D eigenvalue weighted by atomic mass is 9.93. The molecular weight excluding hydrogens is 382 g/mol. The maximum absolute atomic E-state index is 12.8. The molecule has 0 unspecified atom stereocenters. The maximum Gasteiger partial charge on any atom is 0.265 e. The molecule has 1 aliphatic rings. The predicted octanol–water partition coefficient (Wildman–Crippen LogP) is 4.27. The van der Waals surface area contributed by atoms with Gasteiger partial charge in [-0.1, -0.05) is 0 Å². The Balaban J connectivity index is 1.35. The van der Waals surface area contributed by atoms with Crippen molar-refractivity contribution in [3.63, 3.8) is 0 Å². The molecule has 0 spiro atoms. The molecule has 1 fully saturated rings. The molecule has 29 heavy (non-hydrogen) atoms. The zero-order chi connectivity index (χ0) is 20.4. The third kappa shape index (κ3) is 4.24. The van der Waals surface area contributed by atoms with Gasteiger partial charge in [0.2, 0.25) is 0 Å². The van der Waals surface area contributed by atoms with Crippen molar-refractivity contribution < 1.29 is 4.79 Å². The van der Waals surface area contributed by atoms with Crippen molar-refractivity contribution in [2.75, 3.05) is 13.1 Å². The molecule has 3 aromatic heterocycles. The average molecular weight is 410 g/mol. The minimum atomic E-state index is 0.150. The SMILES string of the molecule is Cc1nc(C)c(C(=O)N2CCC(CCn3c(C)cnc3-c3ccncc3)CC2)s1. The number of hydrogen-bond acceptors (Lipinski definition) is 5. The molecule has 0 aromatic carbocycles. The van der Waals surface area contributed by atoms with Crippen LogP contribution in [-0.4, -0.2) is 43.4 Å². The van der Waals surface area contributed by atoms with Crippen LogP contribution in [0, 0.1) is 26.7 Å². The van der Waals surface area contributed by atoms with Crippen LogP contribution < -0.4 is 0 Å². The molecule has 0 saturated carbocycles. The van der Waals surface area contributed by atoms with Crippen molar-refractivity contribution in [2.24, 2.45) is 5.92 Å². The second-order valence-electron chi connectivity index (χ2n) is 7.78. The quantitative estimate of drug-likeness (QED) is 0.631. The third-order valence-electron chi connectivity index (χ3n) is 5.75. The van der Waals surface area contributed by atoms with Crippen molar-refractivity contribution in [3.05, 3.63) is 52.0 Å². The molecular formula is C22H27N5OS. The second kappa shape index (κ2) is 8.45. The van der Waals surface area contributed by atoms with Crippen molar-refractivity contribution >= 4 is 17.2 Å². The predicted molar refractivity (Wildman–Crippen MR) is 115 cm³/mol. The Hall–Kier alpha value is -2.54. The molecule has 0 bridgehead atoms. The number of thiazole rings is 1. The summed E-state index contributed by atoms with van der Waals surface area (Å²) in [6.07, 6.45) is 8.78. The van der Waals surface area contributed by atoms with E-state index in [1.54, 1.807) is 0 Å².